The van der Waals surface area contributed by atoms with Crippen molar-refractivity contribution in [3.05, 3.63) is 40.6 Å². The van der Waals surface area contributed by atoms with Crippen molar-refractivity contribution in [2.24, 2.45) is 7.05 Å². The van der Waals surface area contributed by atoms with Crippen molar-refractivity contribution in [1.82, 2.24) is 15.1 Å². The number of nitrogens with one attached hydrogen (secondary N) is 1. The molecule has 2 aromatic rings. The minimum atomic E-state index is -1.04. The monoisotopic (exact) mass is 263 g/mol. The predicted octanol–water partition coefficient (Wildman–Crippen LogP) is 1.62. The molecule has 102 valence electrons. The van der Waals surface area contributed by atoms with Gasteiger partial charge in [-0.05, 0) is 19.9 Å². The zero-order chi connectivity index (χ0) is 14.0. The maximum atomic E-state index is 10.8. The van der Waals surface area contributed by atoms with Gasteiger partial charge in [-0.3, -0.25) is 4.68 Å². The minimum Gasteiger partial charge on any atom is -0.475 e. The average Bonchev–Trinajstić information content (AvgIpc) is 2.83. The zero-order valence-corrected chi connectivity index (χ0v) is 11.2. The van der Waals surface area contributed by atoms with E-state index in [1.807, 2.05) is 20.2 Å². The first kappa shape index (κ1) is 13.4. The van der Waals surface area contributed by atoms with Crippen LogP contribution in [-0.4, -0.2) is 20.9 Å². The molecular formula is C13H17N3O3. The van der Waals surface area contributed by atoms with Gasteiger partial charge >= 0.3 is 5.97 Å². The summed E-state index contributed by atoms with van der Waals surface area (Å²) in [4.78, 5) is 10.8. The molecule has 0 atom stereocenters. The van der Waals surface area contributed by atoms with E-state index in [-0.39, 0.29) is 5.76 Å². The normalized spacial score (nSPS) is 10.9. The summed E-state index contributed by atoms with van der Waals surface area (Å²) in [6.07, 6.45) is 1.97. The van der Waals surface area contributed by atoms with Crippen LogP contribution >= 0.6 is 0 Å². The number of hydrogen-bond acceptors (Lipinski definition) is 4. The standard InChI is InChI=1S/C13H17N3O3/c1-8-11(7-16(3)15-8)6-14-5-10-4-12(13(17)18)19-9(10)2/h4,7,14H,5-6H2,1-3H3,(H,17,18). The highest BCUT2D eigenvalue weighted by molar-refractivity contribution is 5.84. The van der Waals surface area contributed by atoms with Crippen LogP contribution in [0.1, 0.15) is 33.1 Å². The lowest BCUT2D eigenvalue weighted by Gasteiger charge is -2.02. The van der Waals surface area contributed by atoms with Gasteiger partial charge in [-0.15, -0.1) is 0 Å². The van der Waals surface area contributed by atoms with E-state index < -0.39 is 5.97 Å². The van der Waals surface area contributed by atoms with E-state index in [4.69, 9.17) is 9.52 Å². The number of nitrogens with zero attached hydrogens (tertiary/aromatic N) is 2. The van der Waals surface area contributed by atoms with Crippen molar-refractivity contribution < 1.29 is 14.3 Å². The highest BCUT2D eigenvalue weighted by atomic mass is 16.4. The third-order valence-corrected chi connectivity index (χ3v) is 2.98. The Labute approximate surface area is 111 Å². The van der Waals surface area contributed by atoms with Crippen LogP contribution in [0.15, 0.2) is 16.7 Å². The van der Waals surface area contributed by atoms with Crippen LogP contribution in [-0.2, 0) is 20.1 Å². The summed E-state index contributed by atoms with van der Waals surface area (Å²) in [6.45, 7) is 4.98. The van der Waals surface area contributed by atoms with E-state index in [0.29, 0.717) is 18.8 Å². The lowest BCUT2D eigenvalue weighted by Crippen LogP contribution is -2.13. The molecule has 2 N–H and O–H groups in total. The fourth-order valence-electron chi connectivity index (χ4n) is 1.95. The molecule has 2 rings (SSSR count). The molecule has 0 aliphatic heterocycles. The molecule has 0 aliphatic carbocycles. The van der Waals surface area contributed by atoms with Crippen LogP contribution < -0.4 is 5.32 Å². The van der Waals surface area contributed by atoms with Crippen LogP contribution in [0.4, 0.5) is 0 Å². The number of carbonyl (C=O) groups is 1. The summed E-state index contributed by atoms with van der Waals surface area (Å²) < 4.78 is 6.93. The number of aromatic carboxylic acids is 1. The molecule has 19 heavy (non-hydrogen) atoms. The van der Waals surface area contributed by atoms with Crippen LogP contribution in [0, 0.1) is 13.8 Å². The largest absolute Gasteiger partial charge is 0.475 e. The number of carboxylic acid groups (broad SMARTS) is 1. The summed E-state index contributed by atoms with van der Waals surface area (Å²) in [7, 11) is 1.88. The first-order valence-electron chi connectivity index (χ1n) is 6.00. The van der Waals surface area contributed by atoms with Crippen molar-refractivity contribution in [2.45, 2.75) is 26.9 Å². The summed E-state index contributed by atoms with van der Waals surface area (Å²) in [5, 5.41) is 16.4. The number of hydrogen-bond donors (Lipinski definition) is 2. The molecule has 0 aromatic carbocycles. The van der Waals surface area contributed by atoms with Gasteiger partial charge in [-0.25, -0.2) is 4.79 Å². The Morgan fingerprint density at radius 2 is 2.11 bits per heavy atom. The van der Waals surface area contributed by atoms with Crippen molar-refractivity contribution in [3.63, 3.8) is 0 Å². The Morgan fingerprint density at radius 1 is 1.42 bits per heavy atom. The van der Waals surface area contributed by atoms with Gasteiger partial charge in [0.05, 0.1) is 5.69 Å². The molecule has 0 aliphatic rings. The third-order valence-electron chi connectivity index (χ3n) is 2.98. The Balaban J connectivity index is 1.96. The fourth-order valence-corrected chi connectivity index (χ4v) is 1.95. The quantitative estimate of drug-likeness (QED) is 0.856. The Bertz CT molecular complexity index is 598. The smallest absolute Gasteiger partial charge is 0.371 e. The number of carboxylic acids is 1. The second kappa shape index (κ2) is 5.27. The number of furan rings is 1. The molecule has 0 amide bonds. The lowest BCUT2D eigenvalue weighted by atomic mass is 10.2. The van der Waals surface area contributed by atoms with Crippen molar-refractivity contribution >= 4 is 5.97 Å². The van der Waals surface area contributed by atoms with E-state index in [9.17, 15) is 4.79 Å². The molecule has 0 saturated heterocycles. The second-order valence-electron chi connectivity index (χ2n) is 4.51. The zero-order valence-electron chi connectivity index (χ0n) is 11.2. The average molecular weight is 263 g/mol. The SMILES string of the molecule is Cc1nn(C)cc1CNCc1cc(C(=O)O)oc1C. The lowest BCUT2D eigenvalue weighted by molar-refractivity contribution is 0.0661. The molecule has 0 fully saturated rings. The predicted molar refractivity (Wildman–Crippen MR) is 68.9 cm³/mol. The van der Waals surface area contributed by atoms with Crippen molar-refractivity contribution in [3.8, 4) is 0 Å². The molecule has 0 spiro atoms. The first-order valence-corrected chi connectivity index (χ1v) is 6.00. The van der Waals surface area contributed by atoms with Crippen molar-refractivity contribution in [1.29, 1.82) is 0 Å². The van der Waals surface area contributed by atoms with Gasteiger partial charge in [-0.2, -0.15) is 5.10 Å². The molecule has 0 unspecified atom stereocenters. The van der Waals surface area contributed by atoms with Gasteiger partial charge in [0.1, 0.15) is 5.76 Å². The van der Waals surface area contributed by atoms with Gasteiger partial charge in [0.25, 0.3) is 0 Å². The maximum absolute atomic E-state index is 10.8. The van der Waals surface area contributed by atoms with Gasteiger partial charge in [0.2, 0.25) is 5.76 Å². The maximum Gasteiger partial charge on any atom is 0.371 e. The molecular weight excluding hydrogens is 246 g/mol. The van der Waals surface area contributed by atoms with Crippen molar-refractivity contribution in [2.75, 3.05) is 0 Å². The Morgan fingerprint density at radius 3 is 2.63 bits per heavy atom. The molecule has 2 heterocycles. The van der Waals surface area contributed by atoms with Crippen LogP contribution in [0.2, 0.25) is 0 Å². The van der Waals surface area contributed by atoms with Crippen LogP contribution in [0.3, 0.4) is 0 Å². The molecule has 6 heteroatoms. The van der Waals surface area contributed by atoms with Crippen LogP contribution in [0.5, 0.6) is 0 Å². The highest BCUT2D eigenvalue weighted by Gasteiger charge is 2.12. The minimum absolute atomic E-state index is 0.0214. The van der Waals surface area contributed by atoms with E-state index >= 15 is 0 Å². The van der Waals surface area contributed by atoms with Gasteiger partial charge in [0.15, 0.2) is 0 Å². The molecule has 6 nitrogen and oxygen atoms in total. The molecule has 0 saturated carbocycles. The number of aryl methyl sites for hydroxylation is 3. The van der Waals surface area contributed by atoms with Gasteiger partial charge < -0.3 is 14.8 Å². The third kappa shape index (κ3) is 3.03. The number of rotatable bonds is 5. The Hall–Kier alpha value is -2.08. The van der Waals surface area contributed by atoms with E-state index in [0.717, 1.165) is 16.8 Å². The number of aromatic nitrogens is 2. The van der Waals surface area contributed by atoms with E-state index in [1.54, 1.807) is 17.7 Å². The second-order valence-corrected chi connectivity index (χ2v) is 4.51. The molecule has 0 radical (unpaired) electrons. The summed E-state index contributed by atoms with van der Waals surface area (Å²) >= 11 is 0. The Kier molecular flexibility index (Phi) is 3.71. The summed E-state index contributed by atoms with van der Waals surface area (Å²) in [5.74, 6) is -0.433. The van der Waals surface area contributed by atoms with Gasteiger partial charge in [-0.1, -0.05) is 0 Å². The van der Waals surface area contributed by atoms with E-state index in [1.165, 1.54) is 0 Å². The molecule has 2 aromatic heterocycles. The summed E-state index contributed by atoms with van der Waals surface area (Å²) in [6, 6.07) is 1.56. The highest BCUT2D eigenvalue weighted by Crippen LogP contribution is 2.14. The molecule has 0 bridgehead atoms. The fraction of sp³-hybridized carbons (Fsp3) is 0.385. The first-order chi connectivity index (χ1) is 8.97. The van der Waals surface area contributed by atoms with E-state index in [2.05, 4.69) is 10.4 Å². The topological polar surface area (TPSA) is 80.3 Å². The van der Waals surface area contributed by atoms with Gasteiger partial charge in [0, 0.05) is 37.5 Å². The van der Waals surface area contributed by atoms with Crippen LogP contribution in [0.25, 0.3) is 0 Å². The summed E-state index contributed by atoms with van der Waals surface area (Å²) in [5.41, 5.74) is 2.98.